The van der Waals surface area contributed by atoms with Crippen LogP contribution in [0.25, 0.3) is 0 Å². The van der Waals surface area contributed by atoms with Crippen LogP contribution in [0.2, 0.25) is 0 Å². The van der Waals surface area contributed by atoms with Gasteiger partial charge in [-0.1, -0.05) is 58.2 Å². The molecule has 0 amide bonds. The zero-order valence-corrected chi connectivity index (χ0v) is 27.1. The summed E-state index contributed by atoms with van der Waals surface area (Å²) in [5.74, 6) is -0.426. The molecule has 2 aromatic rings. The summed E-state index contributed by atoms with van der Waals surface area (Å²) in [5.41, 5.74) is 7.52. The van der Waals surface area contributed by atoms with Crippen molar-refractivity contribution in [3.63, 3.8) is 0 Å². The van der Waals surface area contributed by atoms with E-state index in [2.05, 4.69) is 75.3 Å². The molecule has 3 aliphatic rings. The zero-order valence-electron chi connectivity index (χ0n) is 26.4. The summed E-state index contributed by atoms with van der Waals surface area (Å²) >= 11 is 7.04. The maximum atomic E-state index is 14.3. The first-order valence-corrected chi connectivity index (χ1v) is 16.0. The van der Waals surface area contributed by atoms with Crippen molar-refractivity contribution in [3.05, 3.63) is 105 Å². The van der Waals surface area contributed by atoms with Gasteiger partial charge in [-0.3, -0.25) is 0 Å². The van der Waals surface area contributed by atoms with Gasteiger partial charge >= 0.3 is 0 Å². The lowest BCUT2D eigenvalue weighted by atomic mass is 9.81. The van der Waals surface area contributed by atoms with Gasteiger partial charge in [-0.15, -0.1) is 0 Å². The van der Waals surface area contributed by atoms with Gasteiger partial charge in [0.1, 0.15) is 18.2 Å². The van der Waals surface area contributed by atoms with Crippen molar-refractivity contribution in [1.29, 1.82) is 0 Å². The number of allylic oxidation sites excluding steroid dienone is 4. The molecule has 0 aromatic heterocycles. The number of unbranched alkanes of at least 4 members (excludes halogenated alkanes) is 2. The van der Waals surface area contributed by atoms with Crippen molar-refractivity contribution in [2.75, 3.05) is 31.2 Å². The number of anilines is 1. The fourth-order valence-corrected chi connectivity index (χ4v) is 6.85. The third kappa shape index (κ3) is 5.91. The summed E-state index contributed by atoms with van der Waals surface area (Å²) < 4.78 is 36.9. The Kier molecular flexibility index (Phi) is 9.15. The summed E-state index contributed by atoms with van der Waals surface area (Å²) in [6.07, 6.45) is 12.6. The highest BCUT2D eigenvalue weighted by atomic mass is 35.5. The normalized spacial score (nSPS) is 21.1. The molecule has 0 radical (unpaired) electrons. The van der Waals surface area contributed by atoms with Gasteiger partial charge in [-0.2, -0.15) is 4.58 Å². The fraction of sp³-hybridized carbons (Fsp3) is 0.432. The van der Waals surface area contributed by atoms with Crippen LogP contribution in [0.1, 0.15) is 78.4 Å². The van der Waals surface area contributed by atoms with Gasteiger partial charge < -0.3 is 9.64 Å². The second kappa shape index (κ2) is 12.5. The molecule has 0 fully saturated rings. The smallest absolute Gasteiger partial charge is 0.209 e. The number of benzene rings is 2. The first kappa shape index (κ1) is 31.4. The van der Waals surface area contributed by atoms with E-state index in [9.17, 15) is 8.78 Å². The van der Waals surface area contributed by atoms with Gasteiger partial charge in [-0.25, -0.2) is 8.78 Å². The van der Waals surface area contributed by atoms with E-state index >= 15 is 0 Å². The third-order valence-corrected chi connectivity index (χ3v) is 9.63. The Balaban J connectivity index is 1.50. The molecule has 0 unspecified atom stereocenters. The molecule has 228 valence electrons. The molecule has 0 N–H and O–H groups in total. The van der Waals surface area contributed by atoms with Gasteiger partial charge in [0, 0.05) is 47.5 Å². The van der Waals surface area contributed by atoms with Gasteiger partial charge in [0.2, 0.25) is 5.69 Å². The number of halogens is 3. The Bertz CT molecular complexity index is 1560. The van der Waals surface area contributed by atoms with E-state index in [4.69, 9.17) is 16.3 Å². The maximum absolute atomic E-state index is 14.3. The highest BCUT2D eigenvalue weighted by Crippen LogP contribution is 2.48. The van der Waals surface area contributed by atoms with Gasteiger partial charge in [0.15, 0.2) is 5.71 Å². The fourth-order valence-electron chi connectivity index (χ4n) is 6.62. The molecule has 0 saturated heterocycles. The number of hydrogen-bond donors (Lipinski definition) is 0. The molecular weight excluding hydrogens is 562 g/mol. The Morgan fingerprint density at radius 3 is 2.30 bits per heavy atom. The molecule has 5 rings (SSSR count). The maximum Gasteiger partial charge on any atom is 0.209 e. The summed E-state index contributed by atoms with van der Waals surface area (Å²) in [4.78, 5) is 2.32. The SMILES string of the molecule is CCCCN1/C(=C/C=C2\COCC(/C=C/C3=[N+](CCCC)c4ccc(F)cc4C3(C)C)=C2Cl)C(C)(C)c2cc(F)ccc21. The summed E-state index contributed by atoms with van der Waals surface area (Å²) in [6.45, 7) is 15.6. The highest BCUT2D eigenvalue weighted by Gasteiger charge is 2.44. The predicted molar refractivity (Wildman–Crippen MR) is 175 cm³/mol. The Morgan fingerprint density at radius 2 is 1.58 bits per heavy atom. The molecule has 2 aromatic carbocycles. The van der Waals surface area contributed by atoms with Crippen LogP contribution in [0.5, 0.6) is 0 Å². The van der Waals surface area contributed by atoms with Gasteiger partial charge in [-0.05, 0) is 79.5 Å². The second-order valence-electron chi connectivity index (χ2n) is 12.9. The minimum absolute atomic E-state index is 0.213. The van der Waals surface area contributed by atoms with Gasteiger partial charge in [0.25, 0.3) is 0 Å². The van der Waals surface area contributed by atoms with Crippen molar-refractivity contribution in [2.24, 2.45) is 0 Å². The number of fused-ring (bicyclic) bond motifs is 2. The average molecular weight is 606 g/mol. The first-order chi connectivity index (χ1) is 20.5. The molecule has 0 spiro atoms. The topological polar surface area (TPSA) is 15.5 Å². The van der Waals surface area contributed by atoms with Crippen LogP contribution in [0.15, 0.2) is 82.6 Å². The van der Waals surface area contributed by atoms with Crippen LogP contribution in [0.3, 0.4) is 0 Å². The van der Waals surface area contributed by atoms with Crippen LogP contribution >= 0.6 is 11.6 Å². The highest BCUT2D eigenvalue weighted by molar-refractivity contribution is 6.32. The van der Waals surface area contributed by atoms with Crippen molar-refractivity contribution in [1.82, 2.24) is 0 Å². The van der Waals surface area contributed by atoms with Crippen LogP contribution in [-0.4, -0.2) is 36.6 Å². The average Bonchev–Trinajstić information content (AvgIpc) is 3.31. The van der Waals surface area contributed by atoms with E-state index in [1.807, 2.05) is 12.1 Å². The Hall–Kier alpha value is -3.02. The standard InChI is InChI=1S/C37H44ClF2N2O/c1-7-9-19-41-31-15-13-27(39)21-29(31)36(3,4)33(41)17-11-25-23-43-24-26(35(25)38)12-18-34-37(5,6)30-22-28(40)14-16-32(30)42(34)20-10-8-2/h11-18,21-22H,7-10,19-20,23-24H2,1-6H3/q+1. The molecule has 0 bridgehead atoms. The van der Waals surface area contributed by atoms with Crippen LogP contribution in [0.4, 0.5) is 20.2 Å². The molecule has 43 heavy (non-hydrogen) atoms. The third-order valence-electron chi connectivity index (χ3n) is 9.14. The minimum Gasteiger partial charge on any atom is -0.372 e. The number of hydrogen-bond acceptors (Lipinski definition) is 2. The lowest BCUT2D eigenvalue weighted by Crippen LogP contribution is -2.28. The predicted octanol–water partition coefficient (Wildman–Crippen LogP) is 9.63. The monoisotopic (exact) mass is 605 g/mol. The van der Waals surface area contributed by atoms with Crippen molar-refractivity contribution < 1.29 is 18.1 Å². The molecule has 0 atom stereocenters. The quantitative estimate of drug-likeness (QED) is 0.264. The van der Waals surface area contributed by atoms with Crippen LogP contribution in [0, 0.1) is 11.6 Å². The minimum atomic E-state index is -0.349. The molecule has 3 aliphatic heterocycles. The van der Waals surface area contributed by atoms with Crippen LogP contribution < -0.4 is 4.90 Å². The largest absolute Gasteiger partial charge is 0.372 e. The summed E-state index contributed by atoms with van der Waals surface area (Å²) in [7, 11) is 0. The van der Waals surface area contributed by atoms with E-state index in [1.165, 1.54) is 0 Å². The molecule has 6 heteroatoms. The number of nitrogens with zero attached hydrogens (tertiary/aromatic N) is 2. The Morgan fingerprint density at radius 1 is 0.884 bits per heavy atom. The summed E-state index contributed by atoms with van der Waals surface area (Å²) in [6, 6.07) is 10.2. The first-order valence-electron chi connectivity index (χ1n) is 15.6. The summed E-state index contributed by atoms with van der Waals surface area (Å²) in [5, 5.41) is 0.693. The van der Waals surface area contributed by atoms with Crippen molar-refractivity contribution in [2.45, 2.75) is 78.1 Å². The molecular formula is C37H44ClF2N2O+. The van der Waals surface area contributed by atoms with Crippen molar-refractivity contribution >= 4 is 28.7 Å². The Labute approximate surface area is 260 Å². The van der Waals surface area contributed by atoms with E-state index < -0.39 is 0 Å². The molecule has 0 saturated carbocycles. The van der Waals surface area contributed by atoms with E-state index in [1.54, 1.807) is 24.3 Å². The number of rotatable bonds is 9. The molecule has 3 heterocycles. The van der Waals surface area contributed by atoms with Gasteiger partial charge in [0.05, 0.1) is 23.7 Å². The van der Waals surface area contributed by atoms with E-state index in [-0.39, 0.29) is 22.5 Å². The van der Waals surface area contributed by atoms with Crippen molar-refractivity contribution in [3.8, 4) is 0 Å². The molecule has 3 nitrogen and oxygen atoms in total. The lowest BCUT2D eigenvalue weighted by Gasteiger charge is -2.27. The van der Waals surface area contributed by atoms with E-state index in [0.717, 1.165) is 83.8 Å². The lowest BCUT2D eigenvalue weighted by molar-refractivity contribution is -0.438. The number of ether oxygens (including phenoxy) is 1. The van der Waals surface area contributed by atoms with E-state index in [0.29, 0.717) is 18.2 Å². The molecule has 0 aliphatic carbocycles. The van der Waals surface area contributed by atoms with Crippen LogP contribution in [-0.2, 0) is 15.6 Å². The zero-order chi connectivity index (χ0) is 30.9. The second-order valence-corrected chi connectivity index (χ2v) is 13.3.